The number of fused-ring (bicyclic) bond motifs is 1. The number of nitrogens with zero attached hydrogens (tertiary/aromatic N) is 1. The largest absolute Gasteiger partial charge is 0.372 e. The van der Waals surface area contributed by atoms with Gasteiger partial charge in [0.05, 0.1) is 23.1 Å². The number of hydrogen-bond acceptors (Lipinski definition) is 4. The molecule has 1 fully saturated rings. The molecule has 0 saturated carbocycles. The highest BCUT2D eigenvalue weighted by Crippen LogP contribution is 2.23. The molecule has 2 unspecified atom stereocenters. The van der Waals surface area contributed by atoms with E-state index in [0.29, 0.717) is 18.1 Å². The molecule has 1 aliphatic heterocycles. The topological polar surface area (TPSA) is 75.7 Å². The van der Waals surface area contributed by atoms with E-state index < -0.39 is 16.1 Å². The Balaban J connectivity index is 1.77. The number of amides is 1. The maximum absolute atomic E-state index is 12.7. The van der Waals surface area contributed by atoms with E-state index in [-0.39, 0.29) is 23.0 Å². The normalized spacial score (nSPS) is 22.0. The van der Waals surface area contributed by atoms with Crippen molar-refractivity contribution in [2.24, 2.45) is 0 Å². The van der Waals surface area contributed by atoms with Gasteiger partial charge in [-0.15, -0.1) is 0 Å². The molecule has 2 aromatic rings. The third-order valence-corrected chi connectivity index (χ3v) is 6.29. The molecule has 0 radical (unpaired) electrons. The molecule has 8 heteroatoms. The van der Waals surface area contributed by atoms with Crippen molar-refractivity contribution in [1.29, 1.82) is 0 Å². The van der Waals surface area contributed by atoms with Gasteiger partial charge in [0.15, 0.2) is 0 Å². The number of nitrogens with one attached hydrogen (secondary N) is 1. The molecule has 1 amide bonds. The Morgan fingerprint density at radius 3 is 2.41 bits per heavy atom. The van der Waals surface area contributed by atoms with Crippen LogP contribution in [-0.4, -0.2) is 50.6 Å². The zero-order chi connectivity index (χ0) is 19.8. The third kappa shape index (κ3) is 4.60. The molecule has 0 bridgehead atoms. The molecular weight excluding hydrogens is 388 g/mol. The van der Waals surface area contributed by atoms with Gasteiger partial charge in [-0.3, -0.25) is 4.79 Å². The van der Waals surface area contributed by atoms with Crippen molar-refractivity contribution in [1.82, 2.24) is 9.62 Å². The number of carbonyl (C=O) groups excluding carboxylic acids is 1. The summed E-state index contributed by atoms with van der Waals surface area (Å²) in [7, 11) is -3.83. The maximum atomic E-state index is 12.7. The molecule has 0 aromatic heterocycles. The molecule has 27 heavy (non-hydrogen) atoms. The van der Waals surface area contributed by atoms with Crippen LogP contribution in [0.1, 0.15) is 20.8 Å². The van der Waals surface area contributed by atoms with Crippen LogP contribution in [0.15, 0.2) is 41.3 Å². The minimum absolute atomic E-state index is 0.0752. The van der Waals surface area contributed by atoms with Crippen LogP contribution in [0, 0.1) is 0 Å². The Hall–Kier alpha value is -1.67. The van der Waals surface area contributed by atoms with Gasteiger partial charge < -0.3 is 9.64 Å². The molecule has 6 nitrogen and oxygen atoms in total. The van der Waals surface area contributed by atoms with Crippen LogP contribution in [0.5, 0.6) is 0 Å². The Kier molecular flexibility index (Phi) is 5.76. The highest BCUT2D eigenvalue weighted by Gasteiger charge is 2.31. The Morgan fingerprint density at radius 2 is 1.74 bits per heavy atom. The van der Waals surface area contributed by atoms with Crippen LogP contribution in [0.2, 0.25) is 5.02 Å². The smallest absolute Gasteiger partial charge is 0.241 e. The van der Waals surface area contributed by atoms with Crippen molar-refractivity contribution in [3.63, 3.8) is 0 Å². The molecule has 0 aliphatic carbocycles. The summed E-state index contributed by atoms with van der Waals surface area (Å²) in [5, 5.41) is 2.20. The predicted molar refractivity (Wildman–Crippen MR) is 105 cm³/mol. The quantitative estimate of drug-likeness (QED) is 0.840. The highest BCUT2D eigenvalue weighted by molar-refractivity contribution is 7.89. The lowest BCUT2D eigenvalue weighted by Gasteiger charge is -2.36. The highest BCUT2D eigenvalue weighted by atomic mass is 35.5. The van der Waals surface area contributed by atoms with Crippen LogP contribution >= 0.6 is 11.6 Å². The average molecular weight is 411 g/mol. The molecule has 1 N–H and O–H groups in total. The summed E-state index contributed by atoms with van der Waals surface area (Å²) in [4.78, 5) is 14.4. The zero-order valence-electron chi connectivity index (χ0n) is 15.5. The molecule has 1 aliphatic rings. The number of hydrogen-bond donors (Lipinski definition) is 1. The lowest BCUT2D eigenvalue weighted by Crippen LogP contribution is -2.54. The Morgan fingerprint density at radius 1 is 1.15 bits per heavy atom. The molecule has 1 heterocycles. The molecule has 1 saturated heterocycles. The second-order valence-electron chi connectivity index (χ2n) is 7.00. The van der Waals surface area contributed by atoms with Crippen molar-refractivity contribution < 1.29 is 17.9 Å². The number of rotatable bonds is 4. The van der Waals surface area contributed by atoms with E-state index in [2.05, 4.69) is 4.72 Å². The van der Waals surface area contributed by atoms with Gasteiger partial charge in [-0.1, -0.05) is 23.7 Å². The van der Waals surface area contributed by atoms with E-state index in [0.717, 1.165) is 10.8 Å². The number of ether oxygens (including phenoxy) is 1. The SMILES string of the molecule is CC1CN(C(=O)[C@H](C)NS(=O)(=O)c2ccc3cc(Cl)ccc3c2)CC(C)O1. The first kappa shape index (κ1) is 20.1. The fraction of sp³-hybridized carbons (Fsp3) is 0.421. The van der Waals surface area contributed by atoms with Crippen LogP contribution in [0.3, 0.4) is 0 Å². The van der Waals surface area contributed by atoms with Crippen LogP contribution in [0.4, 0.5) is 0 Å². The van der Waals surface area contributed by atoms with Crippen molar-refractivity contribution in [2.75, 3.05) is 13.1 Å². The summed E-state index contributed by atoms with van der Waals surface area (Å²) in [5.74, 6) is -0.256. The Labute approximate surface area is 164 Å². The van der Waals surface area contributed by atoms with E-state index in [4.69, 9.17) is 16.3 Å². The van der Waals surface area contributed by atoms with Gasteiger partial charge in [-0.05, 0) is 55.8 Å². The third-order valence-electron chi connectivity index (χ3n) is 4.52. The summed E-state index contributed by atoms with van der Waals surface area (Å²) in [6, 6.07) is 9.17. The van der Waals surface area contributed by atoms with Crippen molar-refractivity contribution >= 4 is 38.3 Å². The lowest BCUT2D eigenvalue weighted by molar-refractivity contribution is -0.144. The summed E-state index contributed by atoms with van der Waals surface area (Å²) in [5.41, 5.74) is 0. The van der Waals surface area contributed by atoms with Gasteiger partial charge in [0.25, 0.3) is 0 Å². The number of halogens is 1. The summed E-state index contributed by atoms with van der Waals surface area (Å²) >= 11 is 5.96. The predicted octanol–water partition coefficient (Wildman–Crippen LogP) is 2.80. The van der Waals surface area contributed by atoms with Crippen LogP contribution in [-0.2, 0) is 19.6 Å². The average Bonchev–Trinajstić information content (AvgIpc) is 2.59. The molecule has 3 rings (SSSR count). The summed E-state index contributed by atoms with van der Waals surface area (Å²) in [6.45, 7) is 6.25. The number of carbonyl (C=O) groups is 1. The molecule has 3 atom stereocenters. The van der Waals surface area contributed by atoms with Gasteiger partial charge in [-0.2, -0.15) is 4.72 Å². The molecule has 0 spiro atoms. The second-order valence-corrected chi connectivity index (χ2v) is 9.15. The molecular formula is C19H23ClN2O4S. The summed E-state index contributed by atoms with van der Waals surface area (Å²) in [6.07, 6.45) is -0.150. The first-order chi connectivity index (χ1) is 12.7. The first-order valence-corrected chi connectivity index (χ1v) is 10.7. The molecule has 146 valence electrons. The number of sulfonamides is 1. The molecule has 2 aromatic carbocycles. The standard InChI is InChI=1S/C19H23ClN2O4S/c1-12-10-22(11-13(2)26-12)19(23)14(3)21-27(24,25)18-7-5-15-8-17(20)6-4-16(15)9-18/h4-9,12-14,21H,10-11H2,1-3H3/t12?,13?,14-/m0/s1. The minimum Gasteiger partial charge on any atom is -0.372 e. The van der Waals surface area contributed by atoms with E-state index in [1.165, 1.54) is 6.07 Å². The van der Waals surface area contributed by atoms with E-state index in [9.17, 15) is 13.2 Å². The maximum Gasteiger partial charge on any atom is 0.241 e. The zero-order valence-corrected chi connectivity index (χ0v) is 17.0. The van der Waals surface area contributed by atoms with Gasteiger partial charge in [0.1, 0.15) is 0 Å². The monoisotopic (exact) mass is 410 g/mol. The van der Waals surface area contributed by atoms with E-state index in [1.54, 1.807) is 42.2 Å². The number of benzene rings is 2. The van der Waals surface area contributed by atoms with Crippen molar-refractivity contribution in [3.05, 3.63) is 41.4 Å². The van der Waals surface area contributed by atoms with Gasteiger partial charge in [0.2, 0.25) is 15.9 Å². The fourth-order valence-corrected chi connectivity index (χ4v) is 4.76. The van der Waals surface area contributed by atoms with E-state index >= 15 is 0 Å². The van der Waals surface area contributed by atoms with Crippen molar-refractivity contribution in [3.8, 4) is 0 Å². The van der Waals surface area contributed by atoms with Gasteiger partial charge in [0, 0.05) is 18.1 Å². The second kappa shape index (κ2) is 7.75. The Bertz CT molecular complexity index is 953. The van der Waals surface area contributed by atoms with Gasteiger partial charge >= 0.3 is 0 Å². The fourth-order valence-electron chi connectivity index (χ4n) is 3.34. The van der Waals surface area contributed by atoms with E-state index in [1.807, 2.05) is 13.8 Å². The lowest BCUT2D eigenvalue weighted by atomic mass is 10.1. The van der Waals surface area contributed by atoms with Crippen molar-refractivity contribution in [2.45, 2.75) is 43.9 Å². The van der Waals surface area contributed by atoms with Gasteiger partial charge in [-0.25, -0.2) is 8.42 Å². The summed E-state index contributed by atoms with van der Waals surface area (Å²) < 4.78 is 33.6. The number of morpholine rings is 1. The van der Waals surface area contributed by atoms with Crippen LogP contribution < -0.4 is 4.72 Å². The first-order valence-electron chi connectivity index (χ1n) is 8.81. The van der Waals surface area contributed by atoms with Crippen LogP contribution in [0.25, 0.3) is 10.8 Å². The minimum atomic E-state index is -3.83.